The van der Waals surface area contributed by atoms with Gasteiger partial charge in [-0.1, -0.05) is 6.07 Å². The Hall–Kier alpha value is -2.40. The number of carboxylic acid groups (broad SMARTS) is 1. The van der Waals surface area contributed by atoms with Gasteiger partial charge in [0.1, 0.15) is 0 Å². The minimum atomic E-state index is -1.01. The van der Waals surface area contributed by atoms with Gasteiger partial charge in [-0.15, -0.1) is 11.3 Å². The normalized spacial score (nSPS) is 10.8. The Morgan fingerprint density at radius 2 is 1.95 bits per heavy atom. The van der Waals surface area contributed by atoms with Crippen LogP contribution in [0.5, 0.6) is 0 Å². The summed E-state index contributed by atoms with van der Waals surface area (Å²) in [6, 6.07) is 7.41. The van der Waals surface area contributed by atoms with Crippen molar-refractivity contribution in [3.63, 3.8) is 0 Å². The number of nitrogens with one attached hydrogen (secondary N) is 1. The Kier molecular flexibility index (Phi) is 4.55. The molecule has 0 aliphatic rings. The van der Waals surface area contributed by atoms with Crippen molar-refractivity contribution in [2.45, 2.75) is 13.8 Å². The third kappa shape index (κ3) is 4.03. The van der Waals surface area contributed by atoms with E-state index in [4.69, 9.17) is 5.11 Å². The summed E-state index contributed by atoms with van der Waals surface area (Å²) in [6.45, 7) is 4.01. The van der Waals surface area contributed by atoms with Gasteiger partial charge in [0.05, 0.1) is 5.56 Å². The largest absolute Gasteiger partial charge is 0.478 e. The molecule has 21 heavy (non-hydrogen) atoms. The molecule has 0 fully saturated rings. The van der Waals surface area contributed by atoms with E-state index in [1.807, 2.05) is 32.0 Å². The molecule has 0 aliphatic carbocycles. The van der Waals surface area contributed by atoms with E-state index in [1.165, 1.54) is 23.0 Å². The van der Waals surface area contributed by atoms with Gasteiger partial charge < -0.3 is 10.4 Å². The Morgan fingerprint density at radius 3 is 2.62 bits per heavy atom. The Morgan fingerprint density at radius 1 is 1.19 bits per heavy atom. The first kappa shape index (κ1) is 15.0. The van der Waals surface area contributed by atoms with E-state index >= 15 is 0 Å². The second kappa shape index (κ2) is 6.37. The molecule has 2 rings (SSSR count). The molecule has 0 aliphatic heterocycles. The van der Waals surface area contributed by atoms with Gasteiger partial charge in [-0.05, 0) is 49.2 Å². The summed E-state index contributed by atoms with van der Waals surface area (Å²) >= 11 is 1.33. The maximum atomic E-state index is 12.1. The Labute approximate surface area is 126 Å². The SMILES string of the molecule is Cc1ccc(NC(=O)c2csc(C=CC(=O)O)c2)cc1C. The van der Waals surface area contributed by atoms with Gasteiger partial charge in [0.2, 0.25) is 0 Å². The van der Waals surface area contributed by atoms with Crippen LogP contribution in [-0.2, 0) is 4.79 Å². The zero-order valence-corrected chi connectivity index (χ0v) is 12.5. The molecule has 1 aromatic heterocycles. The zero-order chi connectivity index (χ0) is 15.4. The number of hydrogen-bond acceptors (Lipinski definition) is 3. The fourth-order valence-electron chi connectivity index (χ4n) is 1.74. The van der Waals surface area contributed by atoms with Crippen LogP contribution >= 0.6 is 11.3 Å². The lowest BCUT2D eigenvalue weighted by Crippen LogP contribution is -2.10. The monoisotopic (exact) mass is 301 g/mol. The summed E-state index contributed by atoms with van der Waals surface area (Å²) in [5.41, 5.74) is 3.55. The van der Waals surface area contributed by atoms with Crippen LogP contribution in [0, 0.1) is 13.8 Å². The quantitative estimate of drug-likeness (QED) is 0.846. The van der Waals surface area contributed by atoms with Crippen LogP contribution in [0.3, 0.4) is 0 Å². The second-order valence-corrected chi connectivity index (χ2v) is 5.61. The summed E-state index contributed by atoms with van der Waals surface area (Å²) in [4.78, 5) is 23.3. The minimum Gasteiger partial charge on any atom is -0.478 e. The molecule has 1 amide bonds. The van der Waals surface area contributed by atoms with Crippen molar-refractivity contribution in [2.24, 2.45) is 0 Å². The number of carbonyl (C=O) groups is 2. The van der Waals surface area contributed by atoms with Gasteiger partial charge in [0.15, 0.2) is 0 Å². The van der Waals surface area contributed by atoms with E-state index in [1.54, 1.807) is 11.4 Å². The van der Waals surface area contributed by atoms with Gasteiger partial charge in [0.25, 0.3) is 5.91 Å². The average molecular weight is 301 g/mol. The zero-order valence-electron chi connectivity index (χ0n) is 11.7. The fraction of sp³-hybridized carbons (Fsp3) is 0.125. The van der Waals surface area contributed by atoms with Crippen molar-refractivity contribution < 1.29 is 14.7 Å². The highest BCUT2D eigenvalue weighted by molar-refractivity contribution is 7.11. The number of carbonyl (C=O) groups excluding carboxylic acids is 1. The molecule has 0 saturated heterocycles. The van der Waals surface area contributed by atoms with E-state index in [0.29, 0.717) is 5.56 Å². The number of aliphatic carboxylic acids is 1. The first-order valence-electron chi connectivity index (χ1n) is 6.34. The summed E-state index contributed by atoms with van der Waals surface area (Å²) in [6.07, 6.45) is 2.52. The smallest absolute Gasteiger partial charge is 0.328 e. The van der Waals surface area contributed by atoms with Crippen molar-refractivity contribution in [2.75, 3.05) is 5.32 Å². The molecule has 108 valence electrons. The van der Waals surface area contributed by atoms with E-state index in [9.17, 15) is 9.59 Å². The van der Waals surface area contributed by atoms with Crippen LogP contribution in [0.2, 0.25) is 0 Å². The predicted molar refractivity (Wildman–Crippen MR) is 84.9 cm³/mol. The second-order valence-electron chi connectivity index (χ2n) is 4.66. The van der Waals surface area contributed by atoms with Gasteiger partial charge >= 0.3 is 5.97 Å². The summed E-state index contributed by atoms with van der Waals surface area (Å²) in [7, 11) is 0. The molecule has 0 radical (unpaired) electrons. The Bertz CT molecular complexity index is 716. The highest BCUT2D eigenvalue weighted by atomic mass is 32.1. The van der Waals surface area contributed by atoms with Crippen molar-refractivity contribution in [1.82, 2.24) is 0 Å². The molecule has 1 heterocycles. The summed E-state index contributed by atoms with van der Waals surface area (Å²) in [5, 5.41) is 13.1. The number of amides is 1. The van der Waals surface area contributed by atoms with Crippen molar-refractivity contribution in [3.8, 4) is 0 Å². The minimum absolute atomic E-state index is 0.204. The van der Waals surface area contributed by atoms with E-state index in [0.717, 1.165) is 22.2 Å². The van der Waals surface area contributed by atoms with Crippen LogP contribution < -0.4 is 5.32 Å². The number of hydrogen-bond donors (Lipinski definition) is 2. The number of thiophene rings is 1. The van der Waals surface area contributed by atoms with Crippen LogP contribution in [-0.4, -0.2) is 17.0 Å². The van der Waals surface area contributed by atoms with E-state index in [-0.39, 0.29) is 5.91 Å². The first-order valence-corrected chi connectivity index (χ1v) is 7.22. The van der Waals surface area contributed by atoms with Crippen LogP contribution in [0.4, 0.5) is 5.69 Å². The molecule has 0 bridgehead atoms. The van der Waals surface area contributed by atoms with Crippen LogP contribution in [0.15, 0.2) is 35.7 Å². The lowest BCUT2D eigenvalue weighted by molar-refractivity contribution is -0.131. The summed E-state index contributed by atoms with van der Waals surface area (Å²) < 4.78 is 0. The predicted octanol–water partition coefficient (Wildman–Crippen LogP) is 3.72. The van der Waals surface area contributed by atoms with E-state index < -0.39 is 5.97 Å². The van der Waals surface area contributed by atoms with Crippen molar-refractivity contribution in [1.29, 1.82) is 0 Å². The standard InChI is InChI=1S/C16H15NO3S/c1-10-3-4-13(7-11(10)2)17-16(20)12-8-14(21-9-12)5-6-15(18)19/h3-9H,1-2H3,(H,17,20)(H,18,19). The van der Waals surface area contributed by atoms with Gasteiger partial charge in [-0.25, -0.2) is 4.79 Å². The van der Waals surface area contributed by atoms with Crippen molar-refractivity contribution >= 4 is 35.0 Å². The molecule has 4 nitrogen and oxygen atoms in total. The Balaban J connectivity index is 2.10. The number of benzene rings is 1. The van der Waals surface area contributed by atoms with Gasteiger partial charge in [-0.3, -0.25) is 4.79 Å². The lowest BCUT2D eigenvalue weighted by Gasteiger charge is -2.06. The van der Waals surface area contributed by atoms with Crippen LogP contribution in [0.1, 0.15) is 26.4 Å². The van der Waals surface area contributed by atoms with Crippen LogP contribution in [0.25, 0.3) is 6.08 Å². The molecule has 0 atom stereocenters. The molecular formula is C16H15NO3S. The molecule has 0 saturated carbocycles. The topological polar surface area (TPSA) is 66.4 Å². The third-order valence-electron chi connectivity index (χ3n) is 3.04. The van der Waals surface area contributed by atoms with Gasteiger partial charge in [-0.2, -0.15) is 0 Å². The fourth-order valence-corrected chi connectivity index (χ4v) is 2.51. The van der Waals surface area contributed by atoms with Crippen molar-refractivity contribution in [3.05, 3.63) is 57.3 Å². The number of rotatable bonds is 4. The number of aryl methyl sites for hydroxylation is 2. The molecule has 2 N–H and O–H groups in total. The molecule has 0 spiro atoms. The maximum absolute atomic E-state index is 12.1. The third-order valence-corrected chi connectivity index (χ3v) is 3.93. The highest BCUT2D eigenvalue weighted by Crippen LogP contribution is 2.19. The van der Waals surface area contributed by atoms with E-state index in [2.05, 4.69) is 5.32 Å². The number of anilines is 1. The molecule has 2 aromatic rings. The number of carboxylic acids is 1. The lowest BCUT2D eigenvalue weighted by atomic mass is 10.1. The van der Waals surface area contributed by atoms with Gasteiger partial charge in [0, 0.05) is 22.0 Å². The first-order chi connectivity index (χ1) is 9.95. The summed E-state index contributed by atoms with van der Waals surface area (Å²) in [5.74, 6) is -1.21. The maximum Gasteiger partial charge on any atom is 0.328 e. The highest BCUT2D eigenvalue weighted by Gasteiger charge is 2.08. The molecule has 0 unspecified atom stereocenters. The average Bonchev–Trinajstić information content (AvgIpc) is 2.89. The molecule has 1 aromatic carbocycles. The molecular weight excluding hydrogens is 286 g/mol. The molecule has 5 heteroatoms.